The number of rotatable bonds is 6. The largest absolute Gasteiger partial charge is 0.306 e. The molecule has 5 nitrogen and oxygen atoms in total. The van der Waals surface area contributed by atoms with Gasteiger partial charge < -0.3 is 4.57 Å². The molecule has 3 heterocycles. The smallest absolute Gasteiger partial charge is 0.291 e. The molecule has 0 unspecified atom stereocenters. The summed E-state index contributed by atoms with van der Waals surface area (Å²) in [7, 11) is 0. The van der Waals surface area contributed by atoms with Gasteiger partial charge in [-0.05, 0) is 61.9 Å². The van der Waals surface area contributed by atoms with Gasteiger partial charge in [-0.3, -0.25) is 14.2 Å². The first kappa shape index (κ1) is 19.0. The zero-order valence-corrected chi connectivity index (χ0v) is 16.5. The third-order valence-corrected chi connectivity index (χ3v) is 5.63. The van der Waals surface area contributed by atoms with Gasteiger partial charge in [0.15, 0.2) is 11.6 Å². The quantitative estimate of drug-likeness (QED) is 0.447. The molecule has 0 saturated carbocycles. The molecule has 0 radical (unpaired) electrons. The van der Waals surface area contributed by atoms with Gasteiger partial charge in [-0.15, -0.1) is 11.3 Å². The molecule has 29 heavy (non-hydrogen) atoms. The second kappa shape index (κ2) is 7.97. The topological polar surface area (TPSA) is 56.9 Å². The number of aryl methyl sites for hydroxylation is 2. The van der Waals surface area contributed by atoms with Crippen molar-refractivity contribution >= 4 is 17.1 Å². The number of imidazole rings is 1. The van der Waals surface area contributed by atoms with Gasteiger partial charge in [0.25, 0.3) is 5.56 Å². The second-order valence-corrected chi connectivity index (χ2v) is 7.94. The Morgan fingerprint density at radius 3 is 2.59 bits per heavy atom. The highest BCUT2D eigenvalue weighted by molar-refractivity contribution is 7.14. The molecular formula is C22H18FN3O2S. The molecule has 0 bridgehead atoms. The first-order valence-electron chi connectivity index (χ1n) is 9.12. The van der Waals surface area contributed by atoms with E-state index in [2.05, 4.69) is 4.98 Å². The van der Waals surface area contributed by atoms with Crippen molar-refractivity contribution in [3.8, 4) is 11.4 Å². The highest BCUT2D eigenvalue weighted by Gasteiger charge is 2.10. The van der Waals surface area contributed by atoms with Crippen LogP contribution in [0.4, 0.5) is 4.39 Å². The molecule has 0 saturated heterocycles. The van der Waals surface area contributed by atoms with Gasteiger partial charge in [0.05, 0.1) is 16.9 Å². The molecule has 1 aromatic carbocycles. The maximum absolute atomic E-state index is 13.5. The first-order chi connectivity index (χ1) is 14.0. The number of hydrogen-bond donors (Lipinski definition) is 0. The monoisotopic (exact) mass is 407 g/mol. The van der Waals surface area contributed by atoms with E-state index in [0.717, 1.165) is 27.2 Å². The molecule has 7 heteroatoms. The molecule has 0 N–H and O–H groups in total. The van der Waals surface area contributed by atoms with E-state index in [4.69, 9.17) is 0 Å². The number of aromatic nitrogens is 3. The number of halogens is 1. The van der Waals surface area contributed by atoms with Gasteiger partial charge in [0.1, 0.15) is 0 Å². The van der Waals surface area contributed by atoms with Crippen molar-refractivity contribution < 1.29 is 9.18 Å². The average molecular weight is 407 g/mol. The Labute approximate surface area is 170 Å². The molecule has 0 aliphatic heterocycles. The summed E-state index contributed by atoms with van der Waals surface area (Å²) in [5.41, 5.74) is 1.58. The number of Topliss-reactive ketones (excluding diaryl/α,β-unsaturated/α-hetero) is 1. The molecular weight excluding hydrogens is 389 g/mol. The van der Waals surface area contributed by atoms with E-state index >= 15 is 0 Å². The standard InChI is InChI=1S/C22H18FN3O2S/c1-15-4-11-21(29-15)20(27)10-5-16-13-25(14-24-16)17-6-8-18(9-7-17)26-12-2-3-19(23)22(26)28/h2-4,6-9,11-14H,5,10H2,1H3. The fourth-order valence-corrected chi connectivity index (χ4v) is 3.87. The SMILES string of the molecule is Cc1ccc(C(=O)CCc2cn(-c3ccc(-n4cccc(F)c4=O)cc3)cn2)s1. The summed E-state index contributed by atoms with van der Waals surface area (Å²) in [5.74, 6) is -0.661. The van der Waals surface area contributed by atoms with E-state index in [1.807, 2.05) is 42.0 Å². The number of carbonyl (C=O) groups excluding carboxylic acids is 1. The van der Waals surface area contributed by atoms with Crippen LogP contribution in [0.15, 0.2) is 72.0 Å². The Bertz CT molecular complexity index is 1220. The number of carbonyl (C=O) groups is 1. The molecule has 146 valence electrons. The Hall–Kier alpha value is -3.32. The minimum Gasteiger partial charge on any atom is -0.306 e. The summed E-state index contributed by atoms with van der Waals surface area (Å²) < 4.78 is 16.6. The molecule has 0 aliphatic rings. The Balaban J connectivity index is 1.46. The average Bonchev–Trinajstić information content (AvgIpc) is 3.38. The second-order valence-electron chi connectivity index (χ2n) is 6.65. The van der Waals surface area contributed by atoms with Crippen LogP contribution in [0.3, 0.4) is 0 Å². The van der Waals surface area contributed by atoms with E-state index < -0.39 is 11.4 Å². The van der Waals surface area contributed by atoms with Crippen molar-refractivity contribution in [1.29, 1.82) is 0 Å². The van der Waals surface area contributed by atoms with Crippen molar-refractivity contribution in [1.82, 2.24) is 14.1 Å². The lowest BCUT2D eigenvalue weighted by Gasteiger charge is -2.07. The van der Waals surface area contributed by atoms with Crippen LogP contribution < -0.4 is 5.56 Å². The van der Waals surface area contributed by atoms with E-state index in [0.29, 0.717) is 18.5 Å². The van der Waals surface area contributed by atoms with Crippen LogP contribution in [0.2, 0.25) is 0 Å². The van der Waals surface area contributed by atoms with E-state index in [1.165, 1.54) is 28.2 Å². The Morgan fingerprint density at radius 1 is 1.10 bits per heavy atom. The molecule has 0 amide bonds. The number of nitrogens with zero attached hydrogens (tertiary/aromatic N) is 3. The zero-order valence-electron chi connectivity index (χ0n) is 15.7. The lowest BCUT2D eigenvalue weighted by Crippen LogP contribution is -2.20. The van der Waals surface area contributed by atoms with Crippen molar-refractivity contribution in [3.05, 3.63) is 98.9 Å². The van der Waals surface area contributed by atoms with Crippen molar-refractivity contribution in [2.24, 2.45) is 0 Å². The Morgan fingerprint density at radius 2 is 1.86 bits per heavy atom. The molecule has 4 rings (SSSR count). The van der Waals surface area contributed by atoms with Gasteiger partial charge in [-0.1, -0.05) is 0 Å². The molecule has 3 aromatic heterocycles. The van der Waals surface area contributed by atoms with Crippen LogP contribution in [0, 0.1) is 12.7 Å². The fourth-order valence-electron chi connectivity index (χ4n) is 3.04. The highest BCUT2D eigenvalue weighted by Crippen LogP contribution is 2.18. The summed E-state index contributed by atoms with van der Waals surface area (Å²) in [6.07, 6.45) is 6.09. The number of pyridine rings is 1. The fraction of sp³-hybridized carbons (Fsp3) is 0.136. The van der Waals surface area contributed by atoms with Crippen LogP contribution in [0.5, 0.6) is 0 Å². The van der Waals surface area contributed by atoms with Crippen LogP contribution in [0.1, 0.15) is 26.7 Å². The summed E-state index contributed by atoms with van der Waals surface area (Å²) in [6, 6.07) is 13.6. The van der Waals surface area contributed by atoms with Gasteiger partial charge in [0.2, 0.25) is 0 Å². The normalized spacial score (nSPS) is 11.0. The molecule has 0 aliphatic carbocycles. The van der Waals surface area contributed by atoms with Crippen LogP contribution in [-0.2, 0) is 6.42 Å². The minimum atomic E-state index is -0.789. The van der Waals surface area contributed by atoms with E-state index in [1.54, 1.807) is 18.5 Å². The van der Waals surface area contributed by atoms with Crippen molar-refractivity contribution in [3.63, 3.8) is 0 Å². The lowest BCUT2D eigenvalue weighted by atomic mass is 10.1. The first-order valence-corrected chi connectivity index (χ1v) is 9.93. The molecule has 0 fully saturated rings. The maximum Gasteiger partial charge on any atom is 0.291 e. The number of thiophene rings is 1. The number of hydrogen-bond acceptors (Lipinski definition) is 4. The summed E-state index contributed by atoms with van der Waals surface area (Å²) >= 11 is 1.51. The number of benzene rings is 1. The van der Waals surface area contributed by atoms with Crippen LogP contribution >= 0.6 is 11.3 Å². The van der Waals surface area contributed by atoms with Gasteiger partial charge >= 0.3 is 0 Å². The third kappa shape index (κ3) is 4.09. The predicted octanol–water partition coefficient (Wildman–Crippen LogP) is 4.35. The van der Waals surface area contributed by atoms with Crippen LogP contribution in [0.25, 0.3) is 11.4 Å². The molecule has 4 aromatic rings. The van der Waals surface area contributed by atoms with Crippen molar-refractivity contribution in [2.75, 3.05) is 0 Å². The maximum atomic E-state index is 13.5. The third-order valence-electron chi connectivity index (χ3n) is 4.59. The zero-order chi connectivity index (χ0) is 20.4. The Kier molecular flexibility index (Phi) is 5.22. The van der Waals surface area contributed by atoms with Gasteiger partial charge in [0, 0.05) is 35.1 Å². The van der Waals surface area contributed by atoms with Gasteiger partial charge in [-0.25, -0.2) is 9.37 Å². The lowest BCUT2D eigenvalue weighted by molar-refractivity contribution is 0.0986. The molecule has 0 spiro atoms. The van der Waals surface area contributed by atoms with E-state index in [-0.39, 0.29) is 5.78 Å². The highest BCUT2D eigenvalue weighted by atomic mass is 32.1. The summed E-state index contributed by atoms with van der Waals surface area (Å²) in [6.45, 7) is 1.99. The number of ketones is 1. The summed E-state index contributed by atoms with van der Waals surface area (Å²) in [4.78, 5) is 30.4. The van der Waals surface area contributed by atoms with Crippen LogP contribution in [-0.4, -0.2) is 19.9 Å². The van der Waals surface area contributed by atoms with Crippen molar-refractivity contribution in [2.45, 2.75) is 19.8 Å². The minimum absolute atomic E-state index is 0.127. The van der Waals surface area contributed by atoms with Gasteiger partial charge in [-0.2, -0.15) is 0 Å². The molecule has 0 atom stereocenters. The predicted molar refractivity (Wildman–Crippen MR) is 111 cm³/mol. The van der Waals surface area contributed by atoms with E-state index in [9.17, 15) is 14.0 Å². The summed E-state index contributed by atoms with van der Waals surface area (Å²) in [5, 5.41) is 0.